The molecule has 0 aliphatic heterocycles. The Bertz CT molecular complexity index is 2000. The second-order valence-corrected chi connectivity index (χ2v) is 9.97. The first-order valence-electron chi connectivity index (χ1n) is 13.2. The highest BCUT2D eigenvalue weighted by Gasteiger charge is 2.15. The summed E-state index contributed by atoms with van der Waals surface area (Å²) in [4.78, 5) is 25.6. The van der Waals surface area contributed by atoms with Crippen molar-refractivity contribution in [1.82, 2.24) is 28.4 Å². The smallest absolute Gasteiger partial charge is 0.282 e. The summed E-state index contributed by atoms with van der Waals surface area (Å²) in [6, 6.07) is 19.1. The van der Waals surface area contributed by atoms with E-state index < -0.39 is 0 Å². The molecule has 6 aromatic rings. The quantitative estimate of drug-likeness (QED) is 0.348. The fourth-order valence-corrected chi connectivity index (χ4v) is 4.91. The van der Waals surface area contributed by atoms with Crippen LogP contribution in [0.4, 0.5) is 0 Å². The maximum atomic E-state index is 12.9. The van der Waals surface area contributed by atoms with Crippen LogP contribution in [0.25, 0.3) is 22.4 Å². The summed E-state index contributed by atoms with van der Waals surface area (Å²) in [5.74, 6) is 0.903. The van der Waals surface area contributed by atoms with E-state index in [9.17, 15) is 14.7 Å². The number of rotatable bonds is 5. The molecular formula is C31H32N6O4. The molecule has 0 atom stereocenters. The molecule has 0 spiro atoms. The summed E-state index contributed by atoms with van der Waals surface area (Å²) in [5, 5.41) is 18.3. The van der Waals surface area contributed by atoms with Crippen LogP contribution in [0.5, 0.6) is 0 Å². The average molecular weight is 553 g/mol. The maximum absolute atomic E-state index is 12.9. The number of fused-ring (bicyclic) bond motifs is 2. The largest absolute Gasteiger partial charge is 0.388 e. The third-order valence-corrected chi connectivity index (χ3v) is 6.85. The minimum absolute atomic E-state index is 0.0786. The van der Waals surface area contributed by atoms with Gasteiger partial charge in [-0.1, -0.05) is 24.3 Å². The van der Waals surface area contributed by atoms with E-state index in [1.54, 1.807) is 28.6 Å². The van der Waals surface area contributed by atoms with Crippen molar-refractivity contribution in [3.8, 4) is 11.4 Å². The molecular weight excluding hydrogens is 520 g/mol. The lowest BCUT2D eigenvalue weighted by atomic mass is 10.2. The van der Waals surface area contributed by atoms with Crippen LogP contribution in [0.2, 0.25) is 0 Å². The second kappa shape index (κ2) is 11.4. The molecule has 210 valence electrons. The Hall–Kier alpha value is -4.80. The van der Waals surface area contributed by atoms with Gasteiger partial charge in [0.25, 0.3) is 11.1 Å². The number of aliphatic hydroxyl groups excluding tert-OH is 1. The molecule has 0 aliphatic rings. The van der Waals surface area contributed by atoms with Gasteiger partial charge in [-0.2, -0.15) is 10.2 Å². The van der Waals surface area contributed by atoms with Gasteiger partial charge in [0.2, 0.25) is 0 Å². The van der Waals surface area contributed by atoms with Gasteiger partial charge in [0, 0.05) is 19.5 Å². The van der Waals surface area contributed by atoms with E-state index in [1.807, 2.05) is 88.4 Å². The highest BCUT2D eigenvalue weighted by atomic mass is 16.5. The van der Waals surface area contributed by atoms with Gasteiger partial charge in [0.15, 0.2) is 11.6 Å². The number of ether oxygens (including phenoxy) is 1. The lowest BCUT2D eigenvalue weighted by Crippen LogP contribution is -2.27. The number of aryl methyl sites for hydroxylation is 4. The molecule has 0 aliphatic carbocycles. The molecule has 2 aromatic carbocycles. The van der Waals surface area contributed by atoms with Gasteiger partial charge in [0.1, 0.15) is 24.2 Å². The summed E-state index contributed by atoms with van der Waals surface area (Å²) < 4.78 is 11.4. The number of benzene rings is 2. The number of hydrogen-bond acceptors (Lipinski definition) is 6. The van der Waals surface area contributed by atoms with E-state index in [2.05, 4.69) is 10.2 Å². The molecule has 4 aromatic heterocycles. The van der Waals surface area contributed by atoms with E-state index in [0.717, 1.165) is 33.6 Å². The molecule has 41 heavy (non-hydrogen) atoms. The zero-order valence-corrected chi connectivity index (χ0v) is 23.7. The minimum atomic E-state index is -0.295. The Morgan fingerprint density at radius 1 is 0.707 bits per heavy atom. The van der Waals surface area contributed by atoms with Crippen LogP contribution in [-0.4, -0.2) is 40.6 Å². The number of aliphatic hydroxyl groups is 1. The van der Waals surface area contributed by atoms with E-state index in [1.165, 1.54) is 9.08 Å². The van der Waals surface area contributed by atoms with E-state index in [4.69, 9.17) is 4.74 Å². The predicted octanol–water partition coefficient (Wildman–Crippen LogP) is 3.84. The molecule has 6 rings (SSSR count). The monoisotopic (exact) mass is 552 g/mol. The Morgan fingerprint density at radius 3 is 1.61 bits per heavy atom. The van der Waals surface area contributed by atoms with Crippen molar-refractivity contribution in [2.75, 3.05) is 7.11 Å². The zero-order chi connectivity index (χ0) is 29.3. The molecule has 0 saturated carbocycles. The molecule has 0 saturated heterocycles. The van der Waals surface area contributed by atoms with Crippen LogP contribution in [0.3, 0.4) is 0 Å². The van der Waals surface area contributed by atoms with Crippen LogP contribution in [0.1, 0.15) is 33.9 Å². The molecule has 4 heterocycles. The Kier molecular flexibility index (Phi) is 7.69. The molecule has 0 unspecified atom stereocenters. The van der Waals surface area contributed by atoms with Gasteiger partial charge in [-0.3, -0.25) is 18.7 Å². The summed E-state index contributed by atoms with van der Waals surface area (Å²) in [6.45, 7) is 7.72. The van der Waals surface area contributed by atoms with Crippen molar-refractivity contribution in [3.63, 3.8) is 0 Å². The fraction of sp³-hybridized carbons (Fsp3) is 0.226. The SMILES string of the molecule is COCc1nn2ccc(C)c2c(=O)n1-c1cccc(C)c1.Cc1cccc(-n2c(CO)nn3ccc(C)c3c2=O)c1. The van der Waals surface area contributed by atoms with Crippen LogP contribution in [0.15, 0.2) is 82.6 Å². The normalized spacial score (nSPS) is 11.2. The molecule has 1 N–H and O–H groups in total. The van der Waals surface area contributed by atoms with Crippen LogP contribution in [0, 0.1) is 27.7 Å². The molecule has 0 bridgehead atoms. The number of aromatic nitrogens is 6. The molecule has 10 nitrogen and oxygen atoms in total. The van der Waals surface area contributed by atoms with Crippen molar-refractivity contribution in [1.29, 1.82) is 0 Å². The van der Waals surface area contributed by atoms with Crippen LogP contribution < -0.4 is 11.1 Å². The van der Waals surface area contributed by atoms with Crippen molar-refractivity contribution < 1.29 is 9.84 Å². The highest BCUT2D eigenvalue weighted by Crippen LogP contribution is 2.15. The van der Waals surface area contributed by atoms with Crippen LogP contribution in [-0.2, 0) is 18.0 Å². The number of nitrogens with zero attached hydrogens (tertiary/aromatic N) is 6. The fourth-order valence-electron chi connectivity index (χ4n) is 4.91. The summed E-state index contributed by atoms with van der Waals surface area (Å²) in [6.07, 6.45) is 3.53. The summed E-state index contributed by atoms with van der Waals surface area (Å²) >= 11 is 0. The lowest BCUT2D eigenvalue weighted by molar-refractivity contribution is 0.174. The highest BCUT2D eigenvalue weighted by molar-refractivity contribution is 5.55. The first-order valence-corrected chi connectivity index (χ1v) is 13.2. The van der Waals surface area contributed by atoms with Crippen LogP contribution >= 0.6 is 0 Å². The maximum Gasteiger partial charge on any atom is 0.282 e. The van der Waals surface area contributed by atoms with Crippen molar-refractivity contribution in [3.05, 3.63) is 128 Å². The first kappa shape index (κ1) is 27.8. The molecule has 0 radical (unpaired) electrons. The van der Waals surface area contributed by atoms with Crippen molar-refractivity contribution in [2.24, 2.45) is 0 Å². The minimum Gasteiger partial charge on any atom is -0.388 e. The van der Waals surface area contributed by atoms with E-state index in [-0.39, 0.29) is 24.3 Å². The van der Waals surface area contributed by atoms with E-state index in [0.29, 0.717) is 22.7 Å². The summed E-state index contributed by atoms with van der Waals surface area (Å²) in [5.41, 5.74) is 6.32. The number of hydrogen-bond donors (Lipinski definition) is 1. The van der Waals surface area contributed by atoms with E-state index >= 15 is 0 Å². The second-order valence-electron chi connectivity index (χ2n) is 9.97. The third-order valence-electron chi connectivity index (χ3n) is 6.85. The lowest BCUT2D eigenvalue weighted by Gasteiger charge is -2.13. The van der Waals surface area contributed by atoms with Gasteiger partial charge in [-0.25, -0.2) is 9.03 Å². The van der Waals surface area contributed by atoms with Gasteiger partial charge in [0.05, 0.1) is 11.4 Å². The predicted molar refractivity (Wildman–Crippen MR) is 157 cm³/mol. The van der Waals surface area contributed by atoms with Gasteiger partial charge < -0.3 is 9.84 Å². The van der Waals surface area contributed by atoms with Crippen molar-refractivity contribution in [2.45, 2.75) is 40.9 Å². The average Bonchev–Trinajstić information content (AvgIpc) is 3.51. The first-order chi connectivity index (χ1) is 19.7. The van der Waals surface area contributed by atoms with Gasteiger partial charge in [-0.15, -0.1) is 0 Å². The Labute approximate surface area is 236 Å². The Balaban J connectivity index is 0.000000165. The summed E-state index contributed by atoms with van der Waals surface area (Å²) in [7, 11) is 1.60. The molecule has 10 heteroatoms. The standard InChI is InChI=1S/C16H17N3O2.C15H15N3O2/c1-11-5-4-6-13(9-11)19-14(10-21-3)17-18-8-7-12(2)15(18)16(19)20;1-10-4-3-5-12(8-10)18-13(9-19)16-17-7-6-11(2)14(17)15(18)20/h4-9H,10H2,1-3H3;3-8,19H,9H2,1-2H3. The number of methoxy groups -OCH3 is 1. The molecule has 0 amide bonds. The van der Waals surface area contributed by atoms with Gasteiger partial charge in [-0.05, 0) is 86.3 Å². The Morgan fingerprint density at radius 2 is 1.17 bits per heavy atom. The molecule has 0 fully saturated rings. The van der Waals surface area contributed by atoms with Crippen molar-refractivity contribution >= 4 is 11.0 Å². The van der Waals surface area contributed by atoms with Gasteiger partial charge >= 0.3 is 0 Å². The zero-order valence-electron chi connectivity index (χ0n) is 23.7. The third kappa shape index (κ3) is 5.22. The topological polar surface area (TPSA) is 108 Å².